The van der Waals surface area contributed by atoms with Gasteiger partial charge in [-0.15, -0.1) is 0 Å². The molecule has 0 radical (unpaired) electrons. The molecule has 0 aliphatic heterocycles. The number of hydrogen-bond donors (Lipinski definition) is 1. The molecule has 2 nitrogen and oxygen atoms in total. The van der Waals surface area contributed by atoms with Crippen LogP contribution in [0.3, 0.4) is 0 Å². The zero-order valence-corrected chi connectivity index (χ0v) is 11.5. The van der Waals surface area contributed by atoms with Crippen LogP contribution >= 0.6 is 0 Å². The molecule has 0 aliphatic carbocycles. The van der Waals surface area contributed by atoms with Crippen molar-refractivity contribution in [2.75, 3.05) is 20.1 Å². The predicted molar refractivity (Wildman–Crippen MR) is 70.2 cm³/mol. The molecular weight excluding hydrogens is 234 g/mol. The van der Waals surface area contributed by atoms with Gasteiger partial charge < -0.3 is 5.73 Å². The highest BCUT2D eigenvalue weighted by molar-refractivity contribution is 5.20. The molecule has 4 heteroatoms. The van der Waals surface area contributed by atoms with E-state index in [9.17, 15) is 8.78 Å². The summed E-state index contributed by atoms with van der Waals surface area (Å²) in [6.45, 7) is 7.52. The van der Waals surface area contributed by atoms with E-state index < -0.39 is 11.6 Å². The van der Waals surface area contributed by atoms with Gasteiger partial charge in [0.2, 0.25) is 0 Å². The maximum absolute atomic E-state index is 13.2. The fourth-order valence-electron chi connectivity index (χ4n) is 1.90. The molecule has 18 heavy (non-hydrogen) atoms. The third-order valence-electron chi connectivity index (χ3n) is 3.32. The van der Waals surface area contributed by atoms with Crippen molar-refractivity contribution in [3.05, 3.63) is 35.4 Å². The summed E-state index contributed by atoms with van der Waals surface area (Å²) in [5.74, 6) is -1.61. The topological polar surface area (TPSA) is 29.3 Å². The van der Waals surface area contributed by atoms with Gasteiger partial charge in [-0.3, -0.25) is 4.90 Å². The number of nitrogens with two attached hydrogens (primary N) is 1. The highest BCUT2D eigenvalue weighted by Crippen LogP contribution is 2.24. The Morgan fingerprint density at radius 1 is 1.28 bits per heavy atom. The summed E-state index contributed by atoms with van der Waals surface area (Å²) in [6.07, 6.45) is 0. The minimum absolute atomic E-state index is 0.00157. The van der Waals surface area contributed by atoms with E-state index in [0.29, 0.717) is 6.54 Å². The molecule has 2 N–H and O–H groups in total. The standard InChI is InChI=1S/C14H22F2N2/c1-10(18(4)9-14(2,3)8-17)11-5-6-12(15)13(16)7-11/h5-7,10H,8-9,17H2,1-4H3. The predicted octanol–water partition coefficient (Wildman–Crippen LogP) is 2.94. The van der Waals surface area contributed by atoms with Gasteiger partial charge in [0.1, 0.15) is 0 Å². The fourth-order valence-corrected chi connectivity index (χ4v) is 1.90. The van der Waals surface area contributed by atoms with Crippen molar-refractivity contribution in [3.63, 3.8) is 0 Å². The van der Waals surface area contributed by atoms with E-state index in [-0.39, 0.29) is 11.5 Å². The number of nitrogens with zero attached hydrogens (tertiary/aromatic N) is 1. The van der Waals surface area contributed by atoms with Crippen LogP contribution in [-0.2, 0) is 0 Å². The van der Waals surface area contributed by atoms with Crippen molar-refractivity contribution in [2.24, 2.45) is 11.1 Å². The smallest absolute Gasteiger partial charge is 0.159 e. The lowest BCUT2D eigenvalue weighted by Gasteiger charge is -2.33. The zero-order chi connectivity index (χ0) is 13.9. The average Bonchev–Trinajstić information content (AvgIpc) is 2.31. The average molecular weight is 256 g/mol. The van der Waals surface area contributed by atoms with E-state index in [1.54, 1.807) is 6.07 Å². The number of rotatable bonds is 5. The third kappa shape index (κ3) is 3.75. The van der Waals surface area contributed by atoms with Gasteiger partial charge in [0.15, 0.2) is 11.6 Å². The van der Waals surface area contributed by atoms with Crippen molar-refractivity contribution in [3.8, 4) is 0 Å². The van der Waals surface area contributed by atoms with Gasteiger partial charge in [-0.25, -0.2) is 8.78 Å². The highest BCUT2D eigenvalue weighted by Gasteiger charge is 2.22. The van der Waals surface area contributed by atoms with Gasteiger partial charge in [-0.05, 0) is 43.6 Å². The SMILES string of the molecule is CC(c1ccc(F)c(F)c1)N(C)CC(C)(C)CN. The summed E-state index contributed by atoms with van der Waals surface area (Å²) in [6, 6.07) is 4.07. The van der Waals surface area contributed by atoms with E-state index >= 15 is 0 Å². The molecule has 1 atom stereocenters. The van der Waals surface area contributed by atoms with Crippen LogP contribution < -0.4 is 5.73 Å². The van der Waals surface area contributed by atoms with Crippen molar-refractivity contribution < 1.29 is 8.78 Å². The van der Waals surface area contributed by atoms with Crippen LogP contribution in [0.1, 0.15) is 32.4 Å². The summed E-state index contributed by atoms with van der Waals surface area (Å²) in [7, 11) is 1.96. The van der Waals surface area contributed by atoms with E-state index in [4.69, 9.17) is 5.73 Å². The Morgan fingerprint density at radius 2 is 1.89 bits per heavy atom. The Labute approximate surface area is 108 Å². The lowest BCUT2D eigenvalue weighted by Crippen LogP contribution is -2.37. The van der Waals surface area contributed by atoms with E-state index in [0.717, 1.165) is 12.1 Å². The Morgan fingerprint density at radius 3 is 2.39 bits per heavy atom. The van der Waals surface area contributed by atoms with E-state index in [1.165, 1.54) is 12.1 Å². The van der Waals surface area contributed by atoms with Crippen molar-refractivity contribution in [1.82, 2.24) is 4.90 Å². The number of benzene rings is 1. The summed E-state index contributed by atoms with van der Waals surface area (Å²) in [4.78, 5) is 2.10. The molecule has 1 aromatic carbocycles. The molecule has 1 unspecified atom stereocenters. The van der Waals surface area contributed by atoms with Crippen LogP contribution in [0.25, 0.3) is 0 Å². The van der Waals surface area contributed by atoms with Gasteiger partial charge in [0.25, 0.3) is 0 Å². The quantitative estimate of drug-likeness (QED) is 0.877. The molecular formula is C14H22F2N2. The van der Waals surface area contributed by atoms with Gasteiger partial charge in [0, 0.05) is 12.6 Å². The van der Waals surface area contributed by atoms with E-state index in [2.05, 4.69) is 18.7 Å². The summed E-state index contributed by atoms with van der Waals surface area (Å²) >= 11 is 0. The molecule has 0 aromatic heterocycles. The van der Waals surface area contributed by atoms with Gasteiger partial charge >= 0.3 is 0 Å². The van der Waals surface area contributed by atoms with Crippen molar-refractivity contribution >= 4 is 0 Å². The Bertz CT molecular complexity index is 405. The second kappa shape index (κ2) is 5.76. The minimum atomic E-state index is -0.809. The molecule has 0 heterocycles. The van der Waals surface area contributed by atoms with Crippen molar-refractivity contribution in [2.45, 2.75) is 26.8 Å². The maximum Gasteiger partial charge on any atom is 0.159 e. The molecule has 0 aliphatic rings. The monoisotopic (exact) mass is 256 g/mol. The first-order valence-electron chi connectivity index (χ1n) is 6.12. The summed E-state index contributed by atoms with van der Waals surface area (Å²) in [5, 5.41) is 0. The first-order valence-corrected chi connectivity index (χ1v) is 6.12. The Balaban J connectivity index is 2.80. The first-order chi connectivity index (χ1) is 8.26. The van der Waals surface area contributed by atoms with Gasteiger partial charge in [0.05, 0.1) is 0 Å². The maximum atomic E-state index is 13.2. The number of halogens is 2. The lowest BCUT2D eigenvalue weighted by atomic mass is 9.92. The molecule has 0 spiro atoms. The van der Waals surface area contributed by atoms with Crippen LogP contribution in [0, 0.1) is 17.0 Å². The molecule has 0 saturated carbocycles. The minimum Gasteiger partial charge on any atom is -0.330 e. The normalized spacial score (nSPS) is 14.0. The third-order valence-corrected chi connectivity index (χ3v) is 3.32. The first kappa shape index (κ1) is 15.1. The Hall–Kier alpha value is -1.00. The molecule has 0 amide bonds. The Kier molecular flexibility index (Phi) is 4.82. The van der Waals surface area contributed by atoms with Gasteiger partial charge in [-0.2, -0.15) is 0 Å². The second-order valence-electron chi connectivity index (χ2n) is 5.63. The van der Waals surface area contributed by atoms with Crippen LogP contribution in [0.15, 0.2) is 18.2 Å². The lowest BCUT2D eigenvalue weighted by molar-refractivity contribution is 0.174. The van der Waals surface area contributed by atoms with Gasteiger partial charge in [-0.1, -0.05) is 19.9 Å². The molecule has 0 fully saturated rings. The molecule has 0 saturated heterocycles. The van der Waals surface area contributed by atoms with Crippen molar-refractivity contribution in [1.29, 1.82) is 0 Å². The molecule has 1 rings (SSSR count). The summed E-state index contributed by atoms with van der Waals surface area (Å²) < 4.78 is 26.1. The second-order valence-corrected chi connectivity index (χ2v) is 5.63. The molecule has 1 aromatic rings. The highest BCUT2D eigenvalue weighted by atomic mass is 19.2. The fraction of sp³-hybridized carbons (Fsp3) is 0.571. The van der Waals surface area contributed by atoms with Crippen LogP contribution in [0.2, 0.25) is 0 Å². The molecule has 102 valence electrons. The van der Waals surface area contributed by atoms with Crippen LogP contribution in [-0.4, -0.2) is 25.0 Å². The van der Waals surface area contributed by atoms with Crippen LogP contribution in [0.4, 0.5) is 8.78 Å². The zero-order valence-electron chi connectivity index (χ0n) is 11.5. The number of hydrogen-bond acceptors (Lipinski definition) is 2. The summed E-state index contributed by atoms with van der Waals surface area (Å²) in [5.41, 5.74) is 6.47. The van der Waals surface area contributed by atoms with E-state index in [1.807, 2.05) is 14.0 Å². The molecule has 0 bridgehead atoms. The largest absolute Gasteiger partial charge is 0.330 e. The van der Waals surface area contributed by atoms with Crippen LogP contribution in [0.5, 0.6) is 0 Å².